The highest BCUT2D eigenvalue weighted by Gasteiger charge is 2.17. The van der Waals surface area contributed by atoms with E-state index >= 15 is 0 Å². The van der Waals surface area contributed by atoms with Gasteiger partial charge in [0.05, 0.1) is 12.2 Å². The molecule has 0 aliphatic carbocycles. The second-order valence-electron chi connectivity index (χ2n) is 7.55. The number of amides is 1. The first-order chi connectivity index (χ1) is 14.0. The van der Waals surface area contributed by atoms with Crippen molar-refractivity contribution in [1.82, 2.24) is 15.2 Å². The molecule has 6 heteroatoms. The average Bonchev–Trinajstić information content (AvgIpc) is 2.73. The summed E-state index contributed by atoms with van der Waals surface area (Å²) in [6.07, 6.45) is 1.75. The van der Waals surface area contributed by atoms with Crippen LogP contribution in [0.3, 0.4) is 0 Å². The molecule has 0 unspecified atom stereocenters. The van der Waals surface area contributed by atoms with Gasteiger partial charge >= 0.3 is 0 Å². The van der Waals surface area contributed by atoms with Crippen molar-refractivity contribution in [2.75, 3.05) is 10.6 Å². The fourth-order valence-electron chi connectivity index (χ4n) is 3.10. The third kappa shape index (κ3) is 5.16. The number of nitrogens with zero attached hydrogens (tertiary/aromatic N) is 3. The smallest absolute Gasteiger partial charge is 0.276 e. The molecular formula is C23H27N5O. The largest absolute Gasteiger partial charge is 0.363 e. The van der Waals surface area contributed by atoms with Gasteiger partial charge in [0.2, 0.25) is 0 Å². The molecule has 6 nitrogen and oxygen atoms in total. The lowest BCUT2D eigenvalue weighted by Gasteiger charge is -2.20. The molecule has 3 aromatic rings. The summed E-state index contributed by atoms with van der Waals surface area (Å²) in [5, 5.41) is 14.4. The second-order valence-corrected chi connectivity index (χ2v) is 7.55. The summed E-state index contributed by atoms with van der Waals surface area (Å²) in [6, 6.07) is 15.3. The molecule has 1 aromatic carbocycles. The summed E-state index contributed by atoms with van der Waals surface area (Å²) in [6.45, 7) is 9.03. The first-order valence-corrected chi connectivity index (χ1v) is 9.87. The summed E-state index contributed by atoms with van der Waals surface area (Å²) >= 11 is 0. The van der Waals surface area contributed by atoms with Crippen molar-refractivity contribution in [2.45, 2.75) is 46.1 Å². The number of anilines is 2. The van der Waals surface area contributed by atoms with E-state index in [0.29, 0.717) is 24.2 Å². The van der Waals surface area contributed by atoms with Gasteiger partial charge in [0.25, 0.3) is 5.91 Å². The van der Waals surface area contributed by atoms with Gasteiger partial charge in [-0.1, -0.05) is 52.0 Å². The zero-order chi connectivity index (χ0) is 20.8. The first kappa shape index (κ1) is 20.5. The Kier molecular flexibility index (Phi) is 6.54. The van der Waals surface area contributed by atoms with E-state index in [-0.39, 0.29) is 11.6 Å². The van der Waals surface area contributed by atoms with E-state index in [1.807, 2.05) is 24.3 Å². The Labute approximate surface area is 171 Å². The standard InChI is InChI=1S/C23H27N5O/c1-15(2)18-9-7-10-19(16(3)4)22(18)26-23(29)20-11-12-21(28-27-20)25-14-17-8-5-6-13-24-17/h5-13,15-16H,14H2,1-4H3,(H,25,28)(H,26,29). The van der Waals surface area contributed by atoms with Gasteiger partial charge in [-0.2, -0.15) is 0 Å². The molecule has 0 saturated heterocycles. The minimum atomic E-state index is -0.260. The number of nitrogens with one attached hydrogen (secondary N) is 2. The number of rotatable bonds is 7. The molecule has 0 fully saturated rings. The van der Waals surface area contributed by atoms with E-state index in [9.17, 15) is 4.79 Å². The average molecular weight is 390 g/mol. The molecule has 0 radical (unpaired) electrons. The summed E-state index contributed by atoms with van der Waals surface area (Å²) in [5.74, 6) is 0.933. The summed E-state index contributed by atoms with van der Waals surface area (Å²) < 4.78 is 0. The Hall–Kier alpha value is -3.28. The molecule has 1 amide bonds. The van der Waals surface area contributed by atoms with Gasteiger partial charge in [-0.05, 0) is 47.2 Å². The fourth-order valence-corrected chi connectivity index (χ4v) is 3.10. The second kappa shape index (κ2) is 9.28. The number of pyridine rings is 1. The van der Waals surface area contributed by atoms with E-state index in [4.69, 9.17) is 0 Å². The van der Waals surface area contributed by atoms with Gasteiger partial charge in [0.1, 0.15) is 5.82 Å². The van der Waals surface area contributed by atoms with Crippen molar-refractivity contribution in [1.29, 1.82) is 0 Å². The molecule has 2 N–H and O–H groups in total. The third-order valence-corrected chi connectivity index (χ3v) is 4.69. The van der Waals surface area contributed by atoms with E-state index in [2.05, 4.69) is 65.6 Å². The van der Waals surface area contributed by atoms with E-state index in [1.165, 1.54) is 0 Å². The van der Waals surface area contributed by atoms with Crippen LogP contribution in [0.1, 0.15) is 66.8 Å². The fraction of sp³-hybridized carbons (Fsp3) is 0.304. The topological polar surface area (TPSA) is 79.8 Å². The van der Waals surface area contributed by atoms with Crippen LogP contribution in [0.2, 0.25) is 0 Å². The number of aromatic nitrogens is 3. The first-order valence-electron chi connectivity index (χ1n) is 9.87. The van der Waals surface area contributed by atoms with Crippen LogP contribution in [0.25, 0.3) is 0 Å². The molecule has 29 heavy (non-hydrogen) atoms. The van der Waals surface area contributed by atoms with E-state index in [0.717, 1.165) is 22.5 Å². The molecule has 0 aliphatic rings. The maximum atomic E-state index is 12.8. The maximum Gasteiger partial charge on any atom is 0.276 e. The van der Waals surface area contributed by atoms with E-state index < -0.39 is 0 Å². The normalized spacial score (nSPS) is 11.0. The van der Waals surface area contributed by atoms with Crippen LogP contribution >= 0.6 is 0 Å². The zero-order valence-electron chi connectivity index (χ0n) is 17.3. The molecule has 0 saturated carbocycles. The number of carbonyl (C=O) groups is 1. The number of benzene rings is 1. The molecule has 2 aromatic heterocycles. The minimum absolute atomic E-state index is 0.260. The lowest BCUT2D eigenvalue weighted by molar-refractivity contribution is 0.102. The van der Waals surface area contributed by atoms with Crippen LogP contribution in [0, 0.1) is 0 Å². The van der Waals surface area contributed by atoms with Gasteiger partial charge in [-0.15, -0.1) is 10.2 Å². The summed E-state index contributed by atoms with van der Waals surface area (Å²) in [5.41, 5.74) is 4.29. The Morgan fingerprint density at radius 3 is 2.17 bits per heavy atom. The SMILES string of the molecule is CC(C)c1cccc(C(C)C)c1NC(=O)c1ccc(NCc2ccccn2)nn1. The highest BCUT2D eigenvalue weighted by atomic mass is 16.1. The third-order valence-electron chi connectivity index (χ3n) is 4.69. The predicted octanol–water partition coefficient (Wildman–Crippen LogP) is 4.98. The molecule has 2 heterocycles. The number of hydrogen-bond donors (Lipinski definition) is 2. The number of hydrogen-bond acceptors (Lipinski definition) is 5. The Bertz CT molecular complexity index is 927. The van der Waals surface area contributed by atoms with Crippen molar-refractivity contribution in [3.8, 4) is 0 Å². The van der Waals surface area contributed by atoms with Gasteiger partial charge in [0.15, 0.2) is 5.69 Å². The Morgan fingerprint density at radius 1 is 0.897 bits per heavy atom. The molecule has 0 bridgehead atoms. The molecule has 0 spiro atoms. The molecule has 0 aliphatic heterocycles. The van der Waals surface area contributed by atoms with Gasteiger partial charge in [-0.25, -0.2) is 0 Å². The van der Waals surface area contributed by atoms with Crippen molar-refractivity contribution >= 4 is 17.4 Å². The van der Waals surface area contributed by atoms with E-state index in [1.54, 1.807) is 18.3 Å². The number of para-hydroxylation sites is 1. The molecule has 3 rings (SSSR count). The van der Waals surface area contributed by atoms with Crippen molar-refractivity contribution < 1.29 is 4.79 Å². The zero-order valence-corrected chi connectivity index (χ0v) is 17.3. The van der Waals surface area contributed by atoms with Crippen LogP contribution in [-0.2, 0) is 6.54 Å². The Morgan fingerprint density at radius 2 is 1.62 bits per heavy atom. The number of carbonyl (C=O) groups excluding carboxylic acids is 1. The van der Waals surface area contributed by atoms with Crippen molar-refractivity contribution in [3.05, 3.63) is 77.2 Å². The van der Waals surface area contributed by atoms with Crippen LogP contribution < -0.4 is 10.6 Å². The lowest BCUT2D eigenvalue weighted by Crippen LogP contribution is -2.18. The maximum absolute atomic E-state index is 12.8. The van der Waals surface area contributed by atoms with Gasteiger partial charge in [0, 0.05) is 11.9 Å². The Balaban J connectivity index is 1.73. The minimum Gasteiger partial charge on any atom is -0.363 e. The summed E-state index contributed by atoms with van der Waals surface area (Å²) in [7, 11) is 0. The van der Waals surface area contributed by atoms with Gasteiger partial charge in [-0.3, -0.25) is 9.78 Å². The van der Waals surface area contributed by atoms with Crippen molar-refractivity contribution in [2.24, 2.45) is 0 Å². The van der Waals surface area contributed by atoms with Crippen LogP contribution in [0.15, 0.2) is 54.7 Å². The highest BCUT2D eigenvalue weighted by Crippen LogP contribution is 2.32. The predicted molar refractivity (Wildman–Crippen MR) is 116 cm³/mol. The summed E-state index contributed by atoms with van der Waals surface area (Å²) in [4.78, 5) is 17.1. The molecule has 150 valence electrons. The lowest BCUT2D eigenvalue weighted by atomic mass is 9.92. The highest BCUT2D eigenvalue weighted by molar-refractivity contribution is 6.03. The molecular weight excluding hydrogens is 362 g/mol. The van der Waals surface area contributed by atoms with Crippen LogP contribution in [-0.4, -0.2) is 21.1 Å². The monoisotopic (exact) mass is 389 g/mol. The van der Waals surface area contributed by atoms with Crippen LogP contribution in [0.5, 0.6) is 0 Å². The molecule has 0 atom stereocenters. The van der Waals surface area contributed by atoms with Crippen LogP contribution in [0.4, 0.5) is 11.5 Å². The quantitative estimate of drug-likeness (QED) is 0.595. The van der Waals surface area contributed by atoms with Gasteiger partial charge < -0.3 is 10.6 Å². The van der Waals surface area contributed by atoms with Crippen molar-refractivity contribution in [3.63, 3.8) is 0 Å².